The fourth-order valence-corrected chi connectivity index (χ4v) is 2.90. The maximum Gasteiger partial charge on any atom is 0.265 e. The molecule has 0 radical (unpaired) electrons. The normalized spacial score (nSPS) is 11.2. The van der Waals surface area contributed by atoms with Gasteiger partial charge in [-0.25, -0.2) is 8.78 Å². The number of aromatic nitrogens is 1. The molecular formula is C20H14BrF2NO. The monoisotopic (exact) mass is 401 g/mol. The van der Waals surface area contributed by atoms with Crippen LogP contribution in [0.25, 0.3) is 12.2 Å². The fourth-order valence-electron chi connectivity index (χ4n) is 2.41. The Morgan fingerprint density at radius 2 is 1.72 bits per heavy atom. The number of rotatable bonds is 4. The molecule has 0 saturated carbocycles. The van der Waals surface area contributed by atoms with E-state index in [9.17, 15) is 13.6 Å². The first-order valence-corrected chi connectivity index (χ1v) is 8.39. The fraction of sp³-hybridized carbons (Fsp3) is 0.0500. The van der Waals surface area contributed by atoms with Crippen LogP contribution in [0.5, 0.6) is 0 Å². The molecule has 0 aliphatic heterocycles. The predicted molar refractivity (Wildman–Crippen MR) is 99.2 cm³/mol. The second-order valence-corrected chi connectivity index (χ2v) is 6.33. The number of nitrogens with zero attached hydrogens (tertiary/aromatic N) is 1. The Morgan fingerprint density at radius 1 is 0.960 bits per heavy atom. The van der Waals surface area contributed by atoms with Crippen molar-refractivity contribution in [3.63, 3.8) is 0 Å². The lowest BCUT2D eigenvalue weighted by molar-refractivity contribution is 0.622. The van der Waals surface area contributed by atoms with Crippen molar-refractivity contribution in [3.8, 4) is 0 Å². The van der Waals surface area contributed by atoms with Crippen molar-refractivity contribution in [2.24, 2.45) is 0 Å². The third kappa shape index (κ3) is 4.31. The van der Waals surface area contributed by atoms with E-state index in [2.05, 4.69) is 15.9 Å². The average molecular weight is 402 g/mol. The zero-order valence-electron chi connectivity index (χ0n) is 13.1. The molecule has 0 atom stereocenters. The number of pyridine rings is 1. The summed E-state index contributed by atoms with van der Waals surface area (Å²) in [5.41, 5.74) is 2.05. The summed E-state index contributed by atoms with van der Waals surface area (Å²) in [5, 5.41) is 0. The van der Waals surface area contributed by atoms with Crippen LogP contribution in [0.1, 0.15) is 16.7 Å². The molecular weight excluding hydrogens is 388 g/mol. The highest BCUT2D eigenvalue weighted by Crippen LogP contribution is 2.16. The summed E-state index contributed by atoms with van der Waals surface area (Å²) in [6.45, 7) is 0.289. The van der Waals surface area contributed by atoms with E-state index in [1.807, 2.05) is 0 Å². The van der Waals surface area contributed by atoms with Crippen LogP contribution in [0.2, 0.25) is 0 Å². The van der Waals surface area contributed by atoms with Gasteiger partial charge in [-0.15, -0.1) is 0 Å². The van der Waals surface area contributed by atoms with Gasteiger partial charge in [-0.05, 0) is 63.0 Å². The zero-order valence-corrected chi connectivity index (χ0v) is 14.7. The van der Waals surface area contributed by atoms with Crippen molar-refractivity contribution >= 4 is 28.1 Å². The van der Waals surface area contributed by atoms with Crippen LogP contribution in [0.15, 0.2) is 70.1 Å². The van der Waals surface area contributed by atoms with Crippen LogP contribution in [-0.2, 0) is 6.54 Å². The van der Waals surface area contributed by atoms with E-state index in [-0.39, 0.29) is 23.7 Å². The maximum atomic E-state index is 13.3. The molecule has 25 heavy (non-hydrogen) atoms. The Morgan fingerprint density at radius 3 is 2.44 bits per heavy atom. The Balaban J connectivity index is 1.85. The Kier molecular flexibility index (Phi) is 5.24. The number of halogens is 3. The smallest absolute Gasteiger partial charge is 0.265 e. The summed E-state index contributed by atoms with van der Waals surface area (Å²) >= 11 is 3.33. The Labute approximate surface area is 152 Å². The van der Waals surface area contributed by atoms with Crippen LogP contribution in [0, 0.1) is 11.6 Å². The first kappa shape index (κ1) is 17.3. The van der Waals surface area contributed by atoms with Crippen LogP contribution < -0.4 is 5.56 Å². The van der Waals surface area contributed by atoms with Crippen molar-refractivity contribution in [1.29, 1.82) is 0 Å². The number of benzene rings is 2. The van der Waals surface area contributed by atoms with Gasteiger partial charge in [0.25, 0.3) is 5.56 Å². The molecule has 126 valence electrons. The highest BCUT2D eigenvalue weighted by Gasteiger charge is 2.06. The quantitative estimate of drug-likeness (QED) is 0.595. The molecule has 0 N–H and O–H groups in total. The lowest BCUT2D eigenvalue weighted by Gasteiger charge is -2.08. The molecule has 0 fully saturated rings. The highest BCUT2D eigenvalue weighted by molar-refractivity contribution is 9.10. The van der Waals surface area contributed by atoms with E-state index < -0.39 is 0 Å². The second kappa shape index (κ2) is 7.57. The zero-order chi connectivity index (χ0) is 17.8. The molecule has 2 nitrogen and oxygen atoms in total. The van der Waals surface area contributed by atoms with Gasteiger partial charge >= 0.3 is 0 Å². The van der Waals surface area contributed by atoms with Gasteiger partial charge in [0.1, 0.15) is 11.6 Å². The van der Waals surface area contributed by atoms with Crippen molar-refractivity contribution < 1.29 is 8.78 Å². The largest absolute Gasteiger partial charge is 0.310 e. The van der Waals surface area contributed by atoms with Gasteiger partial charge in [0, 0.05) is 6.20 Å². The first-order valence-electron chi connectivity index (χ1n) is 7.60. The standard InChI is InChI=1S/C20H14BrF2NO/c21-19-16(7-4-14-5-8-17(22)9-6-14)10-11-24(20(19)25)13-15-2-1-3-18(23)12-15/h1-12H,13H2/b7-4+. The van der Waals surface area contributed by atoms with Gasteiger partial charge in [-0.2, -0.15) is 0 Å². The van der Waals surface area contributed by atoms with Gasteiger partial charge in [-0.3, -0.25) is 4.79 Å². The van der Waals surface area contributed by atoms with Crippen molar-refractivity contribution in [1.82, 2.24) is 4.57 Å². The topological polar surface area (TPSA) is 22.0 Å². The van der Waals surface area contributed by atoms with Gasteiger partial charge in [0.2, 0.25) is 0 Å². The second-order valence-electron chi connectivity index (χ2n) is 5.53. The SMILES string of the molecule is O=c1c(Br)c(/C=C/c2ccc(F)cc2)ccn1Cc1cccc(F)c1. The minimum atomic E-state index is -0.330. The molecule has 1 heterocycles. The third-order valence-electron chi connectivity index (χ3n) is 3.70. The highest BCUT2D eigenvalue weighted by atomic mass is 79.9. The first-order chi connectivity index (χ1) is 12.0. The minimum absolute atomic E-state index is 0.203. The summed E-state index contributed by atoms with van der Waals surface area (Å²) in [4.78, 5) is 12.5. The predicted octanol–water partition coefficient (Wildman–Crippen LogP) is 5.11. The van der Waals surface area contributed by atoms with Crippen molar-refractivity contribution in [2.75, 3.05) is 0 Å². The molecule has 3 rings (SSSR count). The van der Waals surface area contributed by atoms with E-state index in [1.54, 1.807) is 48.7 Å². The summed E-state index contributed by atoms with van der Waals surface area (Å²) in [6.07, 6.45) is 5.25. The Hall–Kier alpha value is -2.53. The van der Waals surface area contributed by atoms with E-state index >= 15 is 0 Å². The van der Waals surface area contributed by atoms with Gasteiger partial charge < -0.3 is 4.57 Å². The summed E-state index contributed by atoms with van der Waals surface area (Å²) in [7, 11) is 0. The number of hydrogen-bond acceptors (Lipinski definition) is 1. The molecule has 5 heteroatoms. The van der Waals surface area contributed by atoms with Gasteiger partial charge in [-0.1, -0.05) is 36.4 Å². The molecule has 0 unspecified atom stereocenters. The molecule has 3 aromatic rings. The van der Waals surface area contributed by atoms with Crippen molar-refractivity contribution in [3.05, 3.63) is 104 Å². The van der Waals surface area contributed by atoms with Gasteiger partial charge in [0.15, 0.2) is 0 Å². The minimum Gasteiger partial charge on any atom is -0.310 e. The molecule has 0 aliphatic rings. The average Bonchev–Trinajstić information content (AvgIpc) is 2.60. The van der Waals surface area contributed by atoms with Gasteiger partial charge in [0.05, 0.1) is 11.0 Å². The maximum absolute atomic E-state index is 13.3. The molecule has 0 aliphatic carbocycles. The van der Waals surface area contributed by atoms with E-state index in [1.165, 1.54) is 28.8 Å². The molecule has 0 saturated heterocycles. The third-order valence-corrected chi connectivity index (χ3v) is 4.50. The molecule has 2 aromatic carbocycles. The lowest BCUT2D eigenvalue weighted by atomic mass is 10.1. The lowest BCUT2D eigenvalue weighted by Crippen LogP contribution is -2.21. The number of hydrogen-bond donors (Lipinski definition) is 0. The van der Waals surface area contributed by atoms with E-state index in [4.69, 9.17) is 0 Å². The van der Waals surface area contributed by atoms with Crippen LogP contribution in [0.4, 0.5) is 8.78 Å². The summed E-state index contributed by atoms with van der Waals surface area (Å²) < 4.78 is 28.1. The van der Waals surface area contributed by atoms with E-state index in [0.717, 1.165) is 5.56 Å². The molecule has 0 amide bonds. The van der Waals surface area contributed by atoms with Crippen molar-refractivity contribution in [2.45, 2.75) is 6.54 Å². The summed E-state index contributed by atoms with van der Waals surface area (Å²) in [6, 6.07) is 14.0. The molecule has 0 spiro atoms. The molecule has 1 aromatic heterocycles. The van der Waals surface area contributed by atoms with E-state index in [0.29, 0.717) is 15.6 Å². The van der Waals surface area contributed by atoms with Crippen LogP contribution >= 0.6 is 15.9 Å². The molecule has 0 bridgehead atoms. The Bertz CT molecular complexity index is 978. The summed E-state index contributed by atoms with van der Waals surface area (Å²) in [5.74, 6) is -0.623. The van der Waals surface area contributed by atoms with Crippen LogP contribution in [0.3, 0.4) is 0 Å². The van der Waals surface area contributed by atoms with Crippen LogP contribution in [-0.4, -0.2) is 4.57 Å².